The Morgan fingerprint density at radius 1 is 0.886 bits per heavy atom. The molecule has 3 rings (SSSR count). The normalized spacial score (nSPS) is 15.5. The van der Waals surface area contributed by atoms with Crippen molar-refractivity contribution in [3.63, 3.8) is 0 Å². The molecule has 1 amide bonds. The van der Waals surface area contributed by atoms with Crippen LogP contribution in [0, 0.1) is 0 Å². The molecule has 2 aromatic carbocycles. The van der Waals surface area contributed by atoms with Crippen molar-refractivity contribution in [2.45, 2.75) is 84.2 Å². The highest BCUT2D eigenvalue weighted by Crippen LogP contribution is 2.65. The van der Waals surface area contributed by atoms with Gasteiger partial charge in [0.2, 0.25) is 5.91 Å². The summed E-state index contributed by atoms with van der Waals surface area (Å²) >= 11 is 0. The lowest BCUT2D eigenvalue weighted by Gasteiger charge is -2.29. The smallest absolute Gasteiger partial charge is 0.338 e. The summed E-state index contributed by atoms with van der Waals surface area (Å²) in [6.45, 7) is 9.85. The molecule has 0 saturated carbocycles. The molecule has 0 radical (unpaired) electrons. The van der Waals surface area contributed by atoms with Crippen LogP contribution in [0.15, 0.2) is 42.5 Å². The molecule has 2 atom stereocenters. The molecule has 2 unspecified atom stereocenters. The second-order valence-corrected chi connectivity index (χ2v) is 11.6. The van der Waals surface area contributed by atoms with Crippen LogP contribution in [0.5, 0.6) is 0 Å². The van der Waals surface area contributed by atoms with Gasteiger partial charge in [-0.2, -0.15) is 0 Å². The minimum Gasteiger partial charge on any atom is -0.355 e. The Morgan fingerprint density at radius 3 is 2.17 bits per heavy atom. The summed E-state index contributed by atoms with van der Waals surface area (Å²) in [5.74, 6) is -0.347. The fourth-order valence-corrected chi connectivity index (χ4v) is 7.17. The summed E-state index contributed by atoms with van der Waals surface area (Å²) in [4.78, 5) is 13.3. The van der Waals surface area contributed by atoms with Gasteiger partial charge in [0.05, 0.1) is 24.8 Å². The van der Waals surface area contributed by atoms with E-state index in [0.717, 1.165) is 66.3 Å². The van der Waals surface area contributed by atoms with Gasteiger partial charge in [-0.15, -0.1) is 0 Å². The standard InChI is InChI=1S/C29H42NO4P/c1-5-9-20-33-35(32,34-21-10-6-2)26(14-7-3)24-17-13-18-25-27(24)22-15-11-12-16-23(22)28(25)29(31)30-19-8-4/h11-13,15-18,26,28H,5-10,14,19-21H2,1-4H3,(H,30,31). The number of fused-ring (bicyclic) bond motifs is 3. The van der Waals surface area contributed by atoms with Gasteiger partial charge in [-0.25, -0.2) is 0 Å². The van der Waals surface area contributed by atoms with Crippen LogP contribution in [0.1, 0.15) is 101 Å². The highest BCUT2D eigenvalue weighted by molar-refractivity contribution is 7.54. The molecule has 0 bridgehead atoms. The predicted octanol–water partition coefficient (Wildman–Crippen LogP) is 7.99. The Bertz CT molecular complexity index is 1010. The number of rotatable bonds is 15. The van der Waals surface area contributed by atoms with Gasteiger partial charge in [0.1, 0.15) is 0 Å². The van der Waals surface area contributed by atoms with E-state index in [9.17, 15) is 9.36 Å². The topological polar surface area (TPSA) is 64.6 Å². The first-order chi connectivity index (χ1) is 17.0. The minimum absolute atomic E-state index is 0.0174. The van der Waals surface area contributed by atoms with Crippen LogP contribution >= 0.6 is 7.60 Å². The van der Waals surface area contributed by atoms with E-state index in [1.54, 1.807) is 0 Å². The Labute approximate surface area is 211 Å². The zero-order valence-electron chi connectivity index (χ0n) is 21.8. The number of hydrogen-bond acceptors (Lipinski definition) is 4. The SMILES string of the molecule is CCCCOP(=O)(OCCCC)C(CCC)c1cccc2c1-c1ccccc1C2C(=O)NCCC. The molecular formula is C29H42NO4P. The summed E-state index contributed by atoms with van der Waals surface area (Å²) in [5, 5.41) is 3.09. The molecule has 35 heavy (non-hydrogen) atoms. The zero-order chi connectivity index (χ0) is 25.3. The van der Waals surface area contributed by atoms with Crippen molar-refractivity contribution < 1.29 is 18.4 Å². The first kappa shape index (κ1) is 27.6. The van der Waals surface area contributed by atoms with Gasteiger partial charge in [-0.3, -0.25) is 9.36 Å². The van der Waals surface area contributed by atoms with Gasteiger partial charge >= 0.3 is 7.60 Å². The van der Waals surface area contributed by atoms with E-state index in [-0.39, 0.29) is 17.5 Å². The molecule has 5 nitrogen and oxygen atoms in total. The Kier molecular flexibility index (Phi) is 10.6. The lowest BCUT2D eigenvalue weighted by atomic mass is 9.93. The van der Waals surface area contributed by atoms with Crippen molar-refractivity contribution in [1.29, 1.82) is 0 Å². The van der Waals surface area contributed by atoms with Gasteiger partial charge in [0.25, 0.3) is 0 Å². The Hall–Kier alpha value is -1.94. The fraction of sp³-hybridized carbons (Fsp3) is 0.552. The molecule has 1 aliphatic rings. The highest BCUT2D eigenvalue weighted by atomic mass is 31.2. The lowest BCUT2D eigenvalue weighted by molar-refractivity contribution is -0.121. The van der Waals surface area contributed by atoms with Crippen LogP contribution in [0.3, 0.4) is 0 Å². The second-order valence-electron chi connectivity index (χ2n) is 9.34. The van der Waals surface area contributed by atoms with Crippen molar-refractivity contribution in [2.75, 3.05) is 19.8 Å². The summed E-state index contributed by atoms with van der Waals surface area (Å²) in [6.07, 6.45) is 6.06. The molecule has 0 spiro atoms. The maximum atomic E-state index is 14.4. The van der Waals surface area contributed by atoms with Crippen LogP contribution in [-0.4, -0.2) is 25.7 Å². The number of unbranched alkanes of at least 4 members (excludes halogenated alkanes) is 2. The van der Waals surface area contributed by atoms with E-state index >= 15 is 0 Å². The van der Waals surface area contributed by atoms with Crippen LogP contribution in [0.25, 0.3) is 11.1 Å². The number of benzene rings is 2. The number of amides is 1. The first-order valence-corrected chi connectivity index (χ1v) is 15.0. The molecule has 0 aromatic heterocycles. The molecule has 2 aromatic rings. The molecule has 1 aliphatic carbocycles. The maximum absolute atomic E-state index is 14.4. The van der Waals surface area contributed by atoms with Crippen molar-refractivity contribution in [3.05, 3.63) is 59.2 Å². The molecule has 0 fully saturated rings. The average molecular weight is 500 g/mol. The third-order valence-corrected chi connectivity index (χ3v) is 9.02. The second kappa shape index (κ2) is 13.4. The highest BCUT2D eigenvalue weighted by Gasteiger charge is 2.42. The van der Waals surface area contributed by atoms with E-state index < -0.39 is 7.60 Å². The Balaban J connectivity index is 2.11. The minimum atomic E-state index is -3.43. The number of hydrogen-bond donors (Lipinski definition) is 1. The summed E-state index contributed by atoms with van der Waals surface area (Å²) < 4.78 is 26.6. The van der Waals surface area contributed by atoms with Gasteiger partial charge in [0.15, 0.2) is 0 Å². The van der Waals surface area contributed by atoms with Crippen LogP contribution in [-0.2, 0) is 18.4 Å². The van der Waals surface area contributed by atoms with E-state index in [2.05, 4.69) is 45.1 Å². The third-order valence-electron chi connectivity index (χ3n) is 6.63. The number of carbonyl (C=O) groups excluding carboxylic acids is 1. The van der Waals surface area contributed by atoms with Crippen molar-refractivity contribution >= 4 is 13.5 Å². The van der Waals surface area contributed by atoms with Crippen molar-refractivity contribution in [1.82, 2.24) is 5.32 Å². The summed E-state index contributed by atoms with van der Waals surface area (Å²) in [5.41, 5.74) is 4.65. The largest absolute Gasteiger partial charge is 0.355 e. The van der Waals surface area contributed by atoms with Crippen molar-refractivity contribution in [2.24, 2.45) is 0 Å². The van der Waals surface area contributed by atoms with Crippen molar-refractivity contribution in [3.8, 4) is 11.1 Å². The van der Waals surface area contributed by atoms with Gasteiger partial charge in [-0.05, 0) is 53.5 Å². The molecule has 6 heteroatoms. The van der Waals surface area contributed by atoms with Crippen LogP contribution < -0.4 is 5.32 Å². The van der Waals surface area contributed by atoms with E-state index in [4.69, 9.17) is 9.05 Å². The van der Waals surface area contributed by atoms with Gasteiger partial charge < -0.3 is 14.4 Å². The zero-order valence-corrected chi connectivity index (χ0v) is 22.7. The van der Waals surface area contributed by atoms with Gasteiger partial charge in [0, 0.05) is 6.54 Å². The molecular weight excluding hydrogens is 457 g/mol. The molecule has 0 heterocycles. The van der Waals surface area contributed by atoms with E-state index in [0.29, 0.717) is 26.2 Å². The van der Waals surface area contributed by atoms with Gasteiger partial charge in [-0.1, -0.05) is 89.4 Å². The number of carbonyl (C=O) groups is 1. The first-order valence-electron chi connectivity index (χ1n) is 13.4. The fourth-order valence-electron chi connectivity index (χ4n) is 4.84. The predicted molar refractivity (Wildman–Crippen MR) is 144 cm³/mol. The van der Waals surface area contributed by atoms with Crippen LogP contribution in [0.4, 0.5) is 0 Å². The quantitative estimate of drug-likeness (QED) is 0.199. The van der Waals surface area contributed by atoms with E-state index in [1.807, 2.05) is 30.3 Å². The Morgan fingerprint density at radius 2 is 1.54 bits per heavy atom. The monoisotopic (exact) mass is 499 g/mol. The molecule has 0 aliphatic heterocycles. The third kappa shape index (κ3) is 6.25. The average Bonchev–Trinajstić information content (AvgIpc) is 3.21. The maximum Gasteiger partial charge on any atom is 0.338 e. The summed E-state index contributed by atoms with van der Waals surface area (Å²) in [7, 11) is -3.43. The molecule has 0 saturated heterocycles. The molecule has 192 valence electrons. The molecule has 1 N–H and O–H groups in total. The lowest BCUT2D eigenvalue weighted by Crippen LogP contribution is -2.29. The van der Waals surface area contributed by atoms with Crippen LogP contribution in [0.2, 0.25) is 0 Å². The summed E-state index contributed by atoms with van der Waals surface area (Å²) in [6, 6.07) is 14.2. The number of nitrogens with one attached hydrogen (secondary N) is 1. The van der Waals surface area contributed by atoms with E-state index in [1.165, 1.54) is 0 Å².